The summed E-state index contributed by atoms with van der Waals surface area (Å²) in [5, 5.41) is 1.64. The Kier molecular flexibility index (Phi) is 6.68. The first-order valence-corrected chi connectivity index (χ1v) is 7.88. The Morgan fingerprint density at radius 3 is 2.24 bits per heavy atom. The van der Waals surface area contributed by atoms with Gasteiger partial charge in [-0.15, -0.1) is 13.2 Å². The Morgan fingerprint density at radius 2 is 1.88 bits per heavy atom. The number of benzene rings is 1. The fourth-order valence-corrected chi connectivity index (χ4v) is 3.41. The van der Waals surface area contributed by atoms with E-state index in [1.165, 1.54) is 0 Å². The van der Waals surface area contributed by atoms with E-state index < -0.39 is 23.3 Å². The zero-order chi connectivity index (χ0) is 19.5. The van der Waals surface area contributed by atoms with Crippen LogP contribution in [0.5, 0.6) is 0 Å². The fourth-order valence-electron chi connectivity index (χ4n) is 1.46. The summed E-state index contributed by atoms with van der Waals surface area (Å²) in [5.41, 5.74) is 6.62. The highest BCUT2D eigenvalue weighted by atomic mass is 79.9. The Bertz CT molecular complexity index is 665. The molecular formula is C13H11BrF6N2O2S. The van der Waals surface area contributed by atoms with Crippen molar-refractivity contribution in [1.29, 1.82) is 0 Å². The second-order valence-electron chi connectivity index (χ2n) is 4.70. The molecule has 0 spiro atoms. The van der Waals surface area contributed by atoms with Crippen LogP contribution in [-0.2, 0) is 4.74 Å². The third kappa shape index (κ3) is 6.34. The number of nitrogens with one attached hydrogen (secondary N) is 1. The van der Waals surface area contributed by atoms with Crippen LogP contribution in [0.25, 0.3) is 0 Å². The summed E-state index contributed by atoms with van der Waals surface area (Å²) in [5.74, 6) is -0.989. The summed E-state index contributed by atoms with van der Waals surface area (Å²) in [6, 6.07) is 6.84. The van der Waals surface area contributed by atoms with Gasteiger partial charge in [-0.25, -0.2) is 0 Å². The number of anilines is 1. The minimum Gasteiger partial charge on any atom is -0.399 e. The topological polar surface area (TPSA) is 64.3 Å². The minimum absolute atomic E-state index is 0.159. The maximum Gasteiger partial charge on any atom is 0.574 e. The molecule has 1 atom stereocenters. The van der Waals surface area contributed by atoms with E-state index in [-0.39, 0.29) is 15.6 Å². The van der Waals surface area contributed by atoms with Crippen LogP contribution in [0.15, 0.2) is 34.0 Å². The number of ether oxygens (including phenoxy) is 1. The van der Waals surface area contributed by atoms with Crippen LogP contribution in [0.2, 0.25) is 0 Å². The molecule has 1 unspecified atom stereocenters. The van der Waals surface area contributed by atoms with Gasteiger partial charge in [0.05, 0.1) is 0 Å². The lowest BCUT2D eigenvalue weighted by Gasteiger charge is -2.27. The van der Waals surface area contributed by atoms with Crippen LogP contribution >= 0.6 is 27.7 Å². The second kappa shape index (κ2) is 7.77. The number of carbonyl (C=O) groups is 1. The number of nitrogens with two attached hydrogens (primary N) is 1. The molecule has 1 heterocycles. The van der Waals surface area contributed by atoms with E-state index in [2.05, 4.69) is 20.7 Å². The zero-order valence-electron chi connectivity index (χ0n) is 12.3. The number of aldehydes is 1. The van der Waals surface area contributed by atoms with E-state index in [4.69, 9.17) is 5.73 Å². The SMILES string of the molecule is CC1(C(F)(F)F)NC(OC(F)(F)F)=C(Br)S1.Nc1cccc(C=O)c1. The Morgan fingerprint density at radius 1 is 1.28 bits per heavy atom. The lowest BCUT2D eigenvalue weighted by molar-refractivity contribution is -0.309. The Labute approximate surface area is 150 Å². The van der Waals surface area contributed by atoms with Gasteiger partial charge in [0.1, 0.15) is 10.1 Å². The Balaban J connectivity index is 0.000000293. The first kappa shape index (κ1) is 21.5. The number of nitrogen functional groups attached to an aromatic ring is 1. The van der Waals surface area contributed by atoms with Gasteiger partial charge in [-0.05, 0) is 35.0 Å². The maximum absolute atomic E-state index is 12.5. The van der Waals surface area contributed by atoms with Gasteiger partial charge in [-0.2, -0.15) is 13.2 Å². The number of alkyl halides is 6. The highest BCUT2D eigenvalue weighted by Crippen LogP contribution is 2.51. The van der Waals surface area contributed by atoms with Gasteiger partial charge < -0.3 is 15.8 Å². The van der Waals surface area contributed by atoms with Gasteiger partial charge in [-0.1, -0.05) is 23.9 Å². The molecule has 0 amide bonds. The predicted molar refractivity (Wildman–Crippen MR) is 84.5 cm³/mol. The van der Waals surface area contributed by atoms with Crippen molar-refractivity contribution in [2.45, 2.75) is 24.3 Å². The van der Waals surface area contributed by atoms with Crippen LogP contribution in [0, 0.1) is 0 Å². The molecule has 1 aliphatic heterocycles. The summed E-state index contributed by atoms with van der Waals surface area (Å²) in [4.78, 5) is 7.57. The van der Waals surface area contributed by atoms with Crippen LogP contribution in [0.4, 0.5) is 32.0 Å². The van der Waals surface area contributed by atoms with Crippen LogP contribution < -0.4 is 11.1 Å². The largest absolute Gasteiger partial charge is 0.574 e. The van der Waals surface area contributed by atoms with Crippen molar-refractivity contribution in [1.82, 2.24) is 5.32 Å². The summed E-state index contributed by atoms with van der Waals surface area (Å²) >= 11 is 2.74. The summed E-state index contributed by atoms with van der Waals surface area (Å²) in [6.45, 7) is 0.714. The molecule has 4 nitrogen and oxygen atoms in total. The van der Waals surface area contributed by atoms with Crippen LogP contribution in [0.3, 0.4) is 0 Å². The van der Waals surface area contributed by atoms with E-state index >= 15 is 0 Å². The third-order valence-electron chi connectivity index (χ3n) is 2.63. The summed E-state index contributed by atoms with van der Waals surface area (Å²) in [6.07, 6.45) is -8.98. The zero-order valence-corrected chi connectivity index (χ0v) is 14.7. The quantitative estimate of drug-likeness (QED) is 0.385. The molecule has 0 aromatic heterocycles. The number of hydrogen-bond donors (Lipinski definition) is 2. The standard InChI is InChI=1S/C7H7NO.C6H4BrF6NOS/c8-7-3-1-2-6(4-7)5-9;1-4(5(8,9)10)14-3(2(7)16-4)15-6(11,12)13/h1-5H,8H2;14H,1H3. The number of thioether (sulfide) groups is 1. The molecule has 1 aliphatic rings. The molecule has 1 aromatic rings. The first-order chi connectivity index (χ1) is 11.3. The fraction of sp³-hybridized carbons (Fsp3) is 0.308. The lowest BCUT2D eigenvalue weighted by atomic mass is 10.2. The highest BCUT2D eigenvalue weighted by molar-refractivity contribution is 9.14. The normalized spacial score (nSPS) is 20.5. The van der Waals surface area contributed by atoms with Gasteiger partial charge in [0.2, 0.25) is 5.88 Å². The van der Waals surface area contributed by atoms with E-state index in [9.17, 15) is 31.1 Å². The molecule has 0 saturated heterocycles. The van der Waals surface area contributed by atoms with Crippen molar-refractivity contribution in [3.05, 3.63) is 39.5 Å². The first-order valence-electron chi connectivity index (χ1n) is 6.27. The minimum atomic E-state index is -5.04. The molecule has 3 N–H and O–H groups in total. The van der Waals surface area contributed by atoms with Crippen molar-refractivity contribution in [2.75, 3.05) is 5.73 Å². The lowest BCUT2D eigenvalue weighted by Crippen LogP contribution is -2.48. The van der Waals surface area contributed by atoms with Gasteiger partial charge in [0.15, 0.2) is 4.87 Å². The van der Waals surface area contributed by atoms with Crippen LogP contribution in [0.1, 0.15) is 17.3 Å². The molecule has 0 bridgehead atoms. The van der Waals surface area contributed by atoms with Crippen molar-refractivity contribution in [3.63, 3.8) is 0 Å². The molecule has 0 saturated carbocycles. The van der Waals surface area contributed by atoms with Crippen molar-refractivity contribution in [2.24, 2.45) is 0 Å². The van der Waals surface area contributed by atoms with E-state index in [1.54, 1.807) is 29.6 Å². The third-order valence-corrected chi connectivity index (χ3v) is 4.58. The molecule has 25 heavy (non-hydrogen) atoms. The second-order valence-corrected chi connectivity index (χ2v) is 7.44. The molecule has 1 aromatic carbocycles. The van der Waals surface area contributed by atoms with E-state index in [1.807, 2.05) is 0 Å². The van der Waals surface area contributed by atoms with Gasteiger partial charge in [-0.3, -0.25) is 4.79 Å². The van der Waals surface area contributed by atoms with Crippen molar-refractivity contribution >= 4 is 39.7 Å². The van der Waals surface area contributed by atoms with Gasteiger partial charge in [0.25, 0.3) is 0 Å². The van der Waals surface area contributed by atoms with E-state index in [0.717, 1.165) is 6.29 Å². The number of carbonyl (C=O) groups excluding carboxylic acids is 1. The molecule has 12 heteroatoms. The van der Waals surface area contributed by atoms with Crippen LogP contribution in [-0.4, -0.2) is 23.7 Å². The average Bonchev–Trinajstić information content (AvgIpc) is 2.73. The molecule has 0 fully saturated rings. The smallest absolute Gasteiger partial charge is 0.399 e. The molecular weight excluding hydrogens is 442 g/mol. The molecule has 0 radical (unpaired) electrons. The van der Waals surface area contributed by atoms with Crippen molar-refractivity contribution in [3.8, 4) is 0 Å². The Hall–Kier alpha value is -1.56. The average molecular weight is 453 g/mol. The summed E-state index contributed by atoms with van der Waals surface area (Å²) < 4.78 is 75.9. The van der Waals surface area contributed by atoms with E-state index in [0.29, 0.717) is 18.2 Å². The predicted octanol–water partition coefficient (Wildman–Crippen LogP) is 4.74. The van der Waals surface area contributed by atoms with Crippen molar-refractivity contribution < 1.29 is 35.9 Å². The molecule has 0 aliphatic carbocycles. The van der Waals surface area contributed by atoms with Gasteiger partial charge >= 0.3 is 12.5 Å². The van der Waals surface area contributed by atoms with Gasteiger partial charge in [0, 0.05) is 11.3 Å². The maximum atomic E-state index is 12.5. The molecule has 2 rings (SSSR count). The highest BCUT2D eigenvalue weighted by Gasteiger charge is 2.57. The monoisotopic (exact) mass is 452 g/mol. The number of rotatable bonds is 2. The molecule has 140 valence electrons. The number of halogens is 7. The summed E-state index contributed by atoms with van der Waals surface area (Å²) in [7, 11) is 0. The number of hydrogen-bond acceptors (Lipinski definition) is 5.